The molecular weight excluding hydrogens is 310 g/mol. The van der Waals surface area contributed by atoms with Crippen molar-refractivity contribution in [2.24, 2.45) is 11.3 Å². The Hall–Kier alpha value is -0.910. The first kappa shape index (κ1) is 18.4. The molecule has 5 heteroatoms. The van der Waals surface area contributed by atoms with Crippen LogP contribution in [-0.2, 0) is 14.6 Å². The van der Waals surface area contributed by atoms with E-state index >= 15 is 0 Å². The van der Waals surface area contributed by atoms with Gasteiger partial charge in [0.2, 0.25) is 0 Å². The first-order valence-electron chi connectivity index (χ1n) is 8.33. The lowest BCUT2D eigenvalue weighted by Crippen LogP contribution is -2.41. The van der Waals surface area contributed by atoms with Crippen molar-refractivity contribution in [3.8, 4) is 0 Å². The van der Waals surface area contributed by atoms with E-state index in [4.69, 9.17) is 4.74 Å². The molecule has 23 heavy (non-hydrogen) atoms. The minimum Gasteiger partial charge on any atom is -0.377 e. The van der Waals surface area contributed by atoms with E-state index in [9.17, 15) is 8.42 Å². The SMILES string of the molecule is C[C@H](CS(=O)(=O)c1ccccc1)NC[C@H]1CCO[C@@H]1C(C)(C)C. The lowest BCUT2D eigenvalue weighted by molar-refractivity contribution is 0.00698. The van der Waals surface area contributed by atoms with Gasteiger partial charge in [-0.25, -0.2) is 8.42 Å². The van der Waals surface area contributed by atoms with Gasteiger partial charge >= 0.3 is 0 Å². The molecule has 0 saturated carbocycles. The Bertz CT molecular complexity index is 592. The molecular formula is C18H29NO3S. The van der Waals surface area contributed by atoms with Crippen LogP contribution in [-0.4, -0.2) is 39.5 Å². The van der Waals surface area contributed by atoms with Gasteiger partial charge in [0, 0.05) is 25.1 Å². The monoisotopic (exact) mass is 339 g/mol. The molecule has 1 fully saturated rings. The highest BCUT2D eigenvalue weighted by molar-refractivity contribution is 7.91. The van der Waals surface area contributed by atoms with Gasteiger partial charge < -0.3 is 10.1 Å². The number of hydrogen-bond donors (Lipinski definition) is 1. The second-order valence-electron chi connectivity index (χ2n) is 7.61. The number of ether oxygens (including phenoxy) is 1. The molecule has 0 unspecified atom stereocenters. The Morgan fingerprint density at radius 3 is 2.52 bits per heavy atom. The van der Waals surface area contributed by atoms with Crippen LogP contribution in [0, 0.1) is 11.3 Å². The average molecular weight is 340 g/mol. The third-order valence-electron chi connectivity index (χ3n) is 4.37. The van der Waals surface area contributed by atoms with E-state index < -0.39 is 9.84 Å². The molecule has 1 aromatic carbocycles. The van der Waals surface area contributed by atoms with E-state index in [1.807, 2.05) is 13.0 Å². The smallest absolute Gasteiger partial charge is 0.179 e. The van der Waals surface area contributed by atoms with Crippen molar-refractivity contribution in [2.75, 3.05) is 18.9 Å². The van der Waals surface area contributed by atoms with E-state index in [0.717, 1.165) is 19.6 Å². The van der Waals surface area contributed by atoms with Gasteiger partial charge in [0.05, 0.1) is 16.8 Å². The first-order chi connectivity index (χ1) is 10.7. The van der Waals surface area contributed by atoms with Gasteiger partial charge in [-0.15, -0.1) is 0 Å². The molecule has 1 aliphatic rings. The maximum Gasteiger partial charge on any atom is 0.179 e. The molecule has 0 spiro atoms. The normalized spacial score (nSPS) is 23.8. The molecule has 1 aliphatic heterocycles. The highest BCUT2D eigenvalue weighted by atomic mass is 32.2. The zero-order valence-electron chi connectivity index (χ0n) is 14.6. The second-order valence-corrected chi connectivity index (χ2v) is 9.64. The van der Waals surface area contributed by atoms with Crippen molar-refractivity contribution < 1.29 is 13.2 Å². The molecule has 1 N–H and O–H groups in total. The largest absolute Gasteiger partial charge is 0.377 e. The van der Waals surface area contributed by atoms with E-state index in [0.29, 0.717) is 10.8 Å². The Kier molecular flexibility index (Phi) is 5.87. The molecule has 1 aromatic rings. The van der Waals surface area contributed by atoms with Gasteiger partial charge in [-0.05, 0) is 30.9 Å². The summed E-state index contributed by atoms with van der Waals surface area (Å²) in [5.74, 6) is 0.557. The van der Waals surface area contributed by atoms with Crippen LogP contribution < -0.4 is 5.32 Å². The molecule has 1 saturated heterocycles. The number of hydrogen-bond acceptors (Lipinski definition) is 4. The predicted molar refractivity (Wildman–Crippen MR) is 93.3 cm³/mol. The molecule has 0 bridgehead atoms. The molecule has 0 radical (unpaired) electrons. The Morgan fingerprint density at radius 2 is 1.91 bits per heavy atom. The van der Waals surface area contributed by atoms with Gasteiger partial charge in [-0.3, -0.25) is 0 Å². The van der Waals surface area contributed by atoms with Gasteiger partial charge in [0.25, 0.3) is 0 Å². The first-order valence-corrected chi connectivity index (χ1v) is 9.98. The summed E-state index contributed by atoms with van der Waals surface area (Å²) in [6.07, 6.45) is 1.26. The number of benzene rings is 1. The van der Waals surface area contributed by atoms with Crippen LogP contribution in [0.25, 0.3) is 0 Å². The number of rotatable bonds is 6. The van der Waals surface area contributed by atoms with Crippen LogP contribution in [0.4, 0.5) is 0 Å². The third kappa shape index (κ3) is 5.03. The highest BCUT2D eigenvalue weighted by Crippen LogP contribution is 2.34. The Balaban J connectivity index is 1.89. The van der Waals surface area contributed by atoms with Crippen molar-refractivity contribution in [1.29, 1.82) is 0 Å². The Morgan fingerprint density at radius 1 is 1.26 bits per heavy atom. The fraction of sp³-hybridized carbons (Fsp3) is 0.667. The minimum atomic E-state index is -3.24. The standard InChI is InChI=1S/C18H29NO3S/c1-14(13-23(20,21)16-8-6-5-7-9-16)19-12-15-10-11-22-17(15)18(2,3)4/h5-9,14-15,17,19H,10-13H2,1-4H3/t14-,15-,17+/m1/s1. The third-order valence-corrected chi connectivity index (χ3v) is 6.30. The van der Waals surface area contributed by atoms with Gasteiger partial charge in [-0.2, -0.15) is 0 Å². The second kappa shape index (κ2) is 7.32. The summed E-state index contributed by atoms with van der Waals surface area (Å²) in [7, 11) is -3.24. The van der Waals surface area contributed by atoms with Crippen LogP contribution in [0.2, 0.25) is 0 Å². The van der Waals surface area contributed by atoms with Gasteiger partial charge in [-0.1, -0.05) is 39.0 Å². The summed E-state index contributed by atoms with van der Waals surface area (Å²) in [5.41, 5.74) is 0.113. The molecule has 0 aliphatic carbocycles. The minimum absolute atomic E-state index is 0.0820. The van der Waals surface area contributed by atoms with Crippen LogP contribution >= 0.6 is 0 Å². The molecule has 0 aromatic heterocycles. The summed E-state index contributed by atoms with van der Waals surface area (Å²) in [4.78, 5) is 0.394. The number of sulfone groups is 1. The zero-order chi connectivity index (χ0) is 17.1. The lowest BCUT2D eigenvalue weighted by atomic mass is 9.81. The molecule has 1 heterocycles. The average Bonchev–Trinajstić information content (AvgIpc) is 2.94. The molecule has 4 nitrogen and oxygen atoms in total. The van der Waals surface area contributed by atoms with Crippen LogP contribution in [0.15, 0.2) is 35.2 Å². The summed E-state index contributed by atoms with van der Waals surface area (Å²) >= 11 is 0. The lowest BCUT2D eigenvalue weighted by Gasteiger charge is -2.31. The van der Waals surface area contributed by atoms with E-state index in [1.54, 1.807) is 24.3 Å². The van der Waals surface area contributed by atoms with Crippen molar-refractivity contribution in [3.63, 3.8) is 0 Å². The van der Waals surface area contributed by atoms with Crippen LogP contribution in [0.3, 0.4) is 0 Å². The highest BCUT2D eigenvalue weighted by Gasteiger charge is 2.37. The molecule has 0 amide bonds. The maximum atomic E-state index is 12.4. The molecule has 2 rings (SSSR count). The quantitative estimate of drug-likeness (QED) is 0.866. The number of nitrogens with one attached hydrogen (secondary N) is 1. The summed E-state index contributed by atoms with van der Waals surface area (Å²) in [6.45, 7) is 10.1. The van der Waals surface area contributed by atoms with Crippen LogP contribution in [0.5, 0.6) is 0 Å². The van der Waals surface area contributed by atoms with E-state index in [-0.39, 0.29) is 23.3 Å². The Labute approximate surface area is 140 Å². The fourth-order valence-corrected chi connectivity index (χ4v) is 4.81. The fourth-order valence-electron chi connectivity index (χ4n) is 3.26. The topological polar surface area (TPSA) is 55.4 Å². The maximum absolute atomic E-state index is 12.4. The van der Waals surface area contributed by atoms with Crippen molar-refractivity contribution >= 4 is 9.84 Å². The van der Waals surface area contributed by atoms with Crippen LogP contribution in [0.1, 0.15) is 34.1 Å². The molecule has 130 valence electrons. The van der Waals surface area contributed by atoms with Crippen molar-refractivity contribution in [2.45, 2.75) is 51.2 Å². The predicted octanol–water partition coefficient (Wildman–Crippen LogP) is 2.89. The van der Waals surface area contributed by atoms with Crippen molar-refractivity contribution in [3.05, 3.63) is 30.3 Å². The molecule has 3 atom stereocenters. The van der Waals surface area contributed by atoms with Gasteiger partial charge in [0.1, 0.15) is 0 Å². The summed E-state index contributed by atoms with van der Waals surface area (Å²) < 4.78 is 30.7. The van der Waals surface area contributed by atoms with Crippen molar-refractivity contribution in [1.82, 2.24) is 5.32 Å². The zero-order valence-corrected chi connectivity index (χ0v) is 15.4. The summed E-state index contributed by atoms with van der Waals surface area (Å²) in [5, 5.41) is 3.39. The summed E-state index contributed by atoms with van der Waals surface area (Å²) in [6, 6.07) is 8.57. The van der Waals surface area contributed by atoms with E-state index in [2.05, 4.69) is 26.1 Å². The van der Waals surface area contributed by atoms with E-state index in [1.165, 1.54) is 0 Å². The van der Waals surface area contributed by atoms with Gasteiger partial charge in [0.15, 0.2) is 9.84 Å².